The largest absolute Gasteiger partial charge is 0.382 e. The molecule has 7 heteroatoms. The molecule has 1 aliphatic rings. The smallest absolute Gasteiger partial charge is 0.253 e. The first-order valence-corrected chi connectivity index (χ1v) is 6.52. The Kier molecular flexibility index (Phi) is 7.52. The lowest BCUT2D eigenvalue weighted by Gasteiger charge is -2.13. The number of nitrogens with zero attached hydrogens (tertiary/aromatic N) is 1. The molecule has 0 fully saturated rings. The Bertz CT molecular complexity index is 363. The number of hydrogen-bond acceptors (Lipinski definition) is 5. The van der Waals surface area contributed by atoms with E-state index in [0.717, 1.165) is 4.90 Å². The number of carbonyl (C=O) groups is 3. The fraction of sp³-hybridized carbons (Fsp3) is 0.615. The standard InChI is InChI=1S/C13H20N2O5/c1-19-9-10-20-8-5-11(16)14-6-2-7-15-12(17)3-4-13(15)18/h3-4H,2,5-10H2,1H3,(H,14,16). The summed E-state index contributed by atoms with van der Waals surface area (Å²) in [5.41, 5.74) is 0. The van der Waals surface area contributed by atoms with Gasteiger partial charge in [-0.15, -0.1) is 0 Å². The summed E-state index contributed by atoms with van der Waals surface area (Å²) in [6, 6.07) is 0. The summed E-state index contributed by atoms with van der Waals surface area (Å²) in [5, 5.41) is 2.71. The van der Waals surface area contributed by atoms with E-state index in [-0.39, 0.29) is 24.1 Å². The molecule has 0 aliphatic carbocycles. The Labute approximate surface area is 117 Å². The molecule has 1 rings (SSSR count). The van der Waals surface area contributed by atoms with Crippen LogP contribution in [0.3, 0.4) is 0 Å². The highest BCUT2D eigenvalue weighted by Gasteiger charge is 2.22. The van der Waals surface area contributed by atoms with Crippen molar-refractivity contribution >= 4 is 17.7 Å². The Balaban J connectivity index is 1.99. The van der Waals surface area contributed by atoms with Gasteiger partial charge in [0.1, 0.15) is 0 Å². The average molecular weight is 284 g/mol. The Hall–Kier alpha value is -1.73. The molecular formula is C13H20N2O5. The van der Waals surface area contributed by atoms with Gasteiger partial charge in [-0.05, 0) is 6.42 Å². The normalized spacial score (nSPS) is 14.2. The molecule has 0 atom stereocenters. The minimum Gasteiger partial charge on any atom is -0.382 e. The highest BCUT2D eigenvalue weighted by Crippen LogP contribution is 2.03. The Morgan fingerprint density at radius 3 is 2.55 bits per heavy atom. The Morgan fingerprint density at radius 2 is 1.90 bits per heavy atom. The van der Waals surface area contributed by atoms with E-state index in [2.05, 4.69) is 5.32 Å². The third-order valence-electron chi connectivity index (χ3n) is 2.69. The summed E-state index contributed by atoms with van der Waals surface area (Å²) >= 11 is 0. The molecule has 7 nitrogen and oxygen atoms in total. The number of ether oxygens (including phenoxy) is 2. The molecule has 0 bridgehead atoms. The molecule has 1 N–H and O–H groups in total. The van der Waals surface area contributed by atoms with Gasteiger partial charge in [0.25, 0.3) is 11.8 Å². The predicted octanol–water partition coefficient (Wildman–Crippen LogP) is -0.529. The predicted molar refractivity (Wildman–Crippen MR) is 70.8 cm³/mol. The van der Waals surface area contributed by atoms with Crippen molar-refractivity contribution in [2.24, 2.45) is 0 Å². The van der Waals surface area contributed by atoms with Crippen molar-refractivity contribution in [3.05, 3.63) is 12.2 Å². The molecule has 20 heavy (non-hydrogen) atoms. The monoisotopic (exact) mass is 284 g/mol. The second kappa shape index (κ2) is 9.22. The lowest BCUT2D eigenvalue weighted by atomic mass is 10.3. The van der Waals surface area contributed by atoms with E-state index in [1.54, 1.807) is 7.11 Å². The van der Waals surface area contributed by atoms with Gasteiger partial charge in [0, 0.05) is 38.8 Å². The number of amides is 3. The van der Waals surface area contributed by atoms with Gasteiger partial charge in [-0.1, -0.05) is 0 Å². The van der Waals surface area contributed by atoms with Crippen LogP contribution in [-0.4, -0.2) is 62.6 Å². The molecule has 3 amide bonds. The molecular weight excluding hydrogens is 264 g/mol. The minimum atomic E-state index is -0.298. The van der Waals surface area contributed by atoms with E-state index in [0.29, 0.717) is 39.3 Å². The fourth-order valence-electron chi connectivity index (χ4n) is 1.61. The van der Waals surface area contributed by atoms with Crippen LogP contribution in [0.5, 0.6) is 0 Å². The maximum atomic E-state index is 11.4. The number of carbonyl (C=O) groups excluding carboxylic acids is 3. The number of nitrogens with one attached hydrogen (secondary N) is 1. The van der Waals surface area contributed by atoms with Crippen LogP contribution >= 0.6 is 0 Å². The summed E-state index contributed by atoms with van der Waals surface area (Å²) in [6.07, 6.45) is 3.32. The zero-order chi connectivity index (χ0) is 14.8. The quantitative estimate of drug-likeness (QED) is 0.430. The van der Waals surface area contributed by atoms with E-state index >= 15 is 0 Å². The highest BCUT2D eigenvalue weighted by atomic mass is 16.5. The SMILES string of the molecule is COCCOCCC(=O)NCCCN1C(=O)C=CC1=O. The molecule has 0 saturated heterocycles. The highest BCUT2D eigenvalue weighted by molar-refractivity contribution is 6.12. The number of imide groups is 1. The van der Waals surface area contributed by atoms with E-state index in [1.165, 1.54) is 12.2 Å². The van der Waals surface area contributed by atoms with Gasteiger partial charge in [-0.3, -0.25) is 19.3 Å². The van der Waals surface area contributed by atoms with Crippen molar-refractivity contribution in [3.63, 3.8) is 0 Å². The van der Waals surface area contributed by atoms with Crippen molar-refractivity contribution in [3.8, 4) is 0 Å². The molecule has 0 saturated carbocycles. The molecule has 112 valence electrons. The van der Waals surface area contributed by atoms with Gasteiger partial charge in [0.2, 0.25) is 5.91 Å². The van der Waals surface area contributed by atoms with Gasteiger partial charge < -0.3 is 14.8 Å². The molecule has 1 aliphatic heterocycles. The van der Waals surface area contributed by atoms with Crippen LogP contribution in [0.1, 0.15) is 12.8 Å². The maximum Gasteiger partial charge on any atom is 0.253 e. The lowest BCUT2D eigenvalue weighted by Crippen LogP contribution is -2.34. The van der Waals surface area contributed by atoms with E-state index in [9.17, 15) is 14.4 Å². The van der Waals surface area contributed by atoms with Gasteiger partial charge >= 0.3 is 0 Å². The summed E-state index contributed by atoms with van der Waals surface area (Å²) in [7, 11) is 1.58. The second-order valence-corrected chi connectivity index (χ2v) is 4.22. The molecule has 0 aromatic rings. The van der Waals surface area contributed by atoms with Crippen LogP contribution in [0.4, 0.5) is 0 Å². The third kappa shape index (κ3) is 5.94. The van der Waals surface area contributed by atoms with Crippen molar-refractivity contribution in [1.82, 2.24) is 10.2 Å². The third-order valence-corrected chi connectivity index (χ3v) is 2.69. The van der Waals surface area contributed by atoms with Crippen LogP contribution in [0.25, 0.3) is 0 Å². The summed E-state index contributed by atoms with van der Waals surface area (Å²) < 4.78 is 9.97. The Morgan fingerprint density at radius 1 is 1.20 bits per heavy atom. The first-order valence-electron chi connectivity index (χ1n) is 6.52. The fourth-order valence-corrected chi connectivity index (χ4v) is 1.61. The van der Waals surface area contributed by atoms with Crippen molar-refractivity contribution in [1.29, 1.82) is 0 Å². The van der Waals surface area contributed by atoms with Crippen LogP contribution in [-0.2, 0) is 23.9 Å². The number of rotatable bonds is 10. The summed E-state index contributed by atoms with van der Waals surface area (Å²) in [5.74, 6) is -0.708. The molecule has 0 aromatic heterocycles. The van der Waals surface area contributed by atoms with Gasteiger partial charge in [0.05, 0.1) is 19.8 Å². The molecule has 0 spiro atoms. The topological polar surface area (TPSA) is 84.9 Å². The van der Waals surface area contributed by atoms with E-state index in [4.69, 9.17) is 9.47 Å². The van der Waals surface area contributed by atoms with Gasteiger partial charge in [-0.25, -0.2) is 0 Å². The van der Waals surface area contributed by atoms with Crippen LogP contribution in [0.15, 0.2) is 12.2 Å². The van der Waals surface area contributed by atoms with Crippen molar-refractivity contribution in [2.75, 3.05) is 40.0 Å². The van der Waals surface area contributed by atoms with Crippen molar-refractivity contribution < 1.29 is 23.9 Å². The average Bonchev–Trinajstić information content (AvgIpc) is 2.74. The maximum absolute atomic E-state index is 11.4. The zero-order valence-electron chi connectivity index (χ0n) is 11.6. The minimum absolute atomic E-state index is 0.111. The number of methoxy groups -OCH3 is 1. The summed E-state index contributed by atoms with van der Waals surface area (Å²) in [4.78, 5) is 35.1. The van der Waals surface area contributed by atoms with E-state index in [1.807, 2.05) is 0 Å². The van der Waals surface area contributed by atoms with Gasteiger partial charge in [0.15, 0.2) is 0 Å². The van der Waals surface area contributed by atoms with Crippen LogP contribution in [0.2, 0.25) is 0 Å². The van der Waals surface area contributed by atoms with Crippen LogP contribution < -0.4 is 5.32 Å². The van der Waals surface area contributed by atoms with Crippen molar-refractivity contribution in [2.45, 2.75) is 12.8 Å². The van der Waals surface area contributed by atoms with Gasteiger partial charge in [-0.2, -0.15) is 0 Å². The summed E-state index contributed by atoms with van der Waals surface area (Å²) in [6.45, 7) is 2.06. The lowest BCUT2D eigenvalue weighted by molar-refractivity contribution is -0.136. The number of hydrogen-bond donors (Lipinski definition) is 1. The molecule has 0 radical (unpaired) electrons. The van der Waals surface area contributed by atoms with Crippen LogP contribution in [0, 0.1) is 0 Å². The molecule has 0 aromatic carbocycles. The molecule has 0 unspecified atom stereocenters. The molecule has 1 heterocycles. The second-order valence-electron chi connectivity index (χ2n) is 4.22. The first kappa shape index (κ1) is 16.3. The first-order chi connectivity index (χ1) is 9.65. The van der Waals surface area contributed by atoms with E-state index < -0.39 is 0 Å². The zero-order valence-corrected chi connectivity index (χ0v) is 11.6.